The summed E-state index contributed by atoms with van der Waals surface area (Å²) in [6.07, 6.45) is 0.656. The van der Waals surface area contributed by atoms with E-state index in [9.17, 15) is 0 Å². The van der Waals surface area contributed by atoms with E-state index in [4.69, 9.17) is 38.5 Å². The van der Waals surface area contributed by atoms with Crippen molar-refractivity contribution >= 4 is 23.2 Å². The molecule has 0 aromatic heterocycles. The molecule has 3 N–H and O–H groups in total. The highest BCUT2D eigenvalue weighted by Gasteiger charge is 2.12. The summed E-state index contributed by atoms with van der Waals surface area (Å²) < 4.78 is 10.3. The van der Waals surface area contributed by atoms with Crippen molar-refractivity contribution in [3.8, 4) is 0 Å². The van der Waals surface area contributed by atoms with E-state index in [0.29, 0.717) is 36.3 Å². The fourth-order valence-corrected chi connectivity index (χ4v) is 1.90. The lowest BCUT2D eigenvalue weighted by molar-refractivity contribution is 0.0587. The second kappa shape index (κ2) is 8.69. The minimum Gasteiger partial charge on any atom is -0.382 e. The molecule has 0 aliphatic heterocycles. The fourth-order valence-electron chi connectivity index (χ4n) is 1.51. The second-order valence-electron chi connectivity index (χ2n) is 3.85. The van der Waals surface area contributed by atoms with Gasteiger partial charge in [0.1, 0.15) is 0 Å². The van der Waals surface area contributed by atoms with E-state index in [1.54, 1.807) is 13.2 Å². The summed E-state index contributed by atoms with van der Waals surface area (Å²) in [4.78, 5) is 0. The Hall–Kier alpha value is -0.360. The van der Waals surface area contributed by atoms with E-state index in [1.807, 2.05) is 12.1 Å². The van der Waals surface area contributed by atoms with Crippen LogP contribution in [0.1, 0.15) is 5.56 Å². The van der Waals surface area contributed by atoms with Gasteiger partial charge in [-0.1, -0.05) is 35.3 Å². The van der Waals surface area contributed by atoms with Gasteiger partial charge in [-0.3, -0.25) is 11.3 Å². The molecule has 0 saturated heterocycles. The van der Waals surface area contributed by atoms with E-state index in [-0.39, 0.29) is 6.04 Å². The number of methoxy groups -OCH3 is 1. The van der Waals surface area contributed by atoms with Crippen LogP contribution >= 0.6 is 23.2 Å². The second-order valence-corrected chi connectivity index (χ2v) is 4.63. The van der Waals surface area contributed by atoms with Gasteiger partial charge in [0.25, 0.3) is 0 Å². The van der Waals surface area contributed by atoms with Crippen LogP contribution in [0.5, 0.6) is 0 Å². The topological polar surface area (TPSA) is 56.5 Å². The van der Waals surface area contributed by atoms with Crippen molar-refractivity contribution in [3.05, 3.63) is 33.8 Å². The number of hydrazine groups is 1. The molecule has 0 bridgehead atoms. The van der Waals surface area contributed by atoms with Crippen molar-refractivity contribution in [1.29, 1.82) is 0 Å². The van der Waals surface area contributed by atoms with E-state index in [2.05, 4.69) is 5.43 Å². The molecule has 4 nitrogen and oxygen atoms in total. The van der Waals surface area contributed by atoms with Gasteiger partial charge < -0.3 is 9.47 Å². The summed E-state index contributed by atoms with van der Waals surface area (Å²) in [6.45, 7) is 1.59. The van der Waals surface area contributed by atoms with Crippen molar-refractivity contribution in [2.24, 2.45) is 5.84 Å². The molecular formula is C12H18Cl2N2O2. The highest BCUT2D eigenvalue weighted by molar-refractivity contribution is 6.42. The first kappa shape index (κ1) is 15.7. The Bertz CT molecular complexity index is 364. The van der Waals surface area contributed by atoms with Gasteiger partial charge in [0, 0.05) is 13.2 Å². The van der Waals surface area contributed by atoms with Crippen LogP contribution < -0.4 is 11.3 Å². The summed E-state index contributed by atoms with van der Waals surface area (Å²) in [5.41, 5.74) is 3.65. The molecule has 1 unspecified atom stereocenters. The van der Waals surface area contributed by atoms with Gasteiger partial charge in [-0.2, -0.15) is 0 Å². The Kier molecular flexibility index (Phi) is 7.58. The third-order valence-electron chi connectivity index (χ3n) is 2.48. The Morgan fingerprint density at radius 1 is 1.33 bits per heavy atom. The summed E-state index contributed by atoms with van der Waals surface area (Å²) >= 11 is 12.1. The van der Waals surface area contributed by atoms with Crippen LogP contribution in [0, 0.1) is 0 Å². The number of hydrogen-bond acceptors (Lipinski definition) is 4. The van der Waals surface area contributed by atoms with Crippen LogP contribution in [-0.2, 0) is 15.9 Å². The van der Waals surface area contributed by atoms with Gasteiger partial charge in [0.2, 0.25) is 0 Å². The first-order valence-corrected chi connectivity index (χ1v) is 6.40. The molecule has 0 heterocycles. The van der Waals surface area contributed by atoms with Crippen LogP contribution in [0.25, 0.3) is 0 Å². The Morgan fingerprint density at radius 3 is 2.78 bits per heavy atom. The van der Waals surface area contributed by atoms with Gasteiger partial charge in [0.05, 0.1) is 29.9 Å². The summed E-state index contributed by atoms with van der Waals surface area (Å²) in [5, 5.41) is 1.11. The minimum absolute atomic E-state index is 0.0159. The lowest BCUT2D eigenvalue weighted by Gasteiger charge is -2.17. The van der Waals surface area contributed by atoms with Crippen molar-refractivity contribution < 1.29 is 9.47 Å². The standard InChI is InChI=1S/C12H18Cl2N2O2/c1-17-5-6-18-8-10(16-15)7-9-3-2-4-11(13)12(9)14/h2-4,10,16H,5-8,15H2,1H3. The number of ether oxygens (including phenoxy) is 2. The monoisotopic (exact) mass is 292 g/mol. The van der Waals surface area contributed by atoms with Crippen molar-refractivity contribution in [1.82, 2.24) is 5.43 Å². The van der Waals surface area contributed by atoms with E-state index >= 15 is 0 Å². The maximum Gasteiger partial charge on any atom is 0.0701 e. The average molecular weight is 293 g/mol. The average Bonchev–Trinajstić information content (AvgIpc) is 2.38. The number of rotatable bonds is 8. The van der Waals surface area contributed by atoms with Crippen LogP contribution in [0.2, 0.25) is 10.0 Å². The van der Waals surface area contributed by atoms with Crippen LogP contribution in [-0.4, -0.2) is 33.0 Å². The normalized spacial score (nSPS) is 12.7. The number of nitrogens with one attached hydrogen (secondary N) is 1. The maximum atomic E-state index is 6.12. The molecule has 6 heteroatoms. The highest BCUT2D eigenvalue weighted by Crippen LogP contribution is 2.26. The third kappa shape index (κ3) is 5.10. The van der Waals surface area contributed by atoms with Crippen LogP contribution in [0.15, 0.2) is 18.2 Å². The smallest absolute Gasteiger partial charge is 0.0701 e. The van der Waals surface area contributed by atoms with Crippen LogP contribution in [0.4, 0.5) is 0 Å². The predicted molar refractivity (Wildman–Crippen MR) is 74.0 cm³/mol. The van der Waals surface area contributed by atoms with Gasteiger partial charge in [-0.25, -0.2) is 0 Å². The molecule has 102 valence electrons. The maximum absolute atomic E-state index is 6.12. The molecule has 0 aliphatic rings. The molecule has 0 radical (unpaired) electrons. The number of halogens is 2. The third-order valence-corrected chi connectivity index (χ3v) is 3.34. The molecule has 0 amide bonds. The molecule has 0 fully saturated rings. The largest absolute Gasteiger partial charge is 0.382 e. The first-order chi connectivity index (χ1) is 8.69. The molecule has 1 aromatic carbocycles. The molecule has 18 heavy (non-hydrogen) atoms. The van der Waals surface area contributed by atoms with E-state index < -0.39 is 0 Å². The Balaban J connectivity index is 2.49. The summed E-state index contributed by atoms with van der Waals surface area (Å²) in [5.74, 6) is 5.49. The summed E-state index contributed by atoms with van der Waals surface area (Å²) in [7, 11) is 1.63. The zero-order chi connectivity index (χ0) is 13.4. The van der Waals surface area contributed by atoms with Gasteiger partial charge >= 0.3 is 0 Å². The number of nitrogens with two attached hydrogens (primary N) is 1. The first-order valence-electron chi connectivity index (χ1n) is 5.64. The zero-order valence-electron chi connectivity index (χ0n) is 10.3. The molecular weight excluding hydrogens is 275 g/mol. The van der Waals surface area contributed by atoms with Gasteiger partial charge in [-0.05, 0) is 18.1 Å². The SMILES string of the molecule is COCCOCC(Cc1cccc(Cl)c1Cl)NN. The summed E-state index contributed by atoms with van der Waals surface area (Å²) in [6, 6.07) is 5.53. The zero-order valence-corrected chi connectivity index (χ0v) is 11.8. The fraction of sp³-hybridized carbons (Fsp3) is 0.500. The number of hydrogen-bond donors (Lipinski definition) is 2. The van der Waals surface area contributed by atoms with Crippen molar-refractivity contribution in [2.75, 3.05) is 26.9 Å². The van der Waals surface area contributed by atoms with E-state index in [0.717, 1.165) is 5.56 Å². The lowest BCUT2D eigenvalue weighted by atomic mass is 10.1. The minimum atomic E-state index is -0.0159. The highest BCUT2D eigenvalue weighted by atomic mass is 35.5. The molecule has 0 spiro atoms. The molecule has 1 atom stereocenters. The Labute approximate surface area is 117 Å². The van der Waals surface area contributed by atoms with Gasteiger partial charge in [0.15, 0.2) is 0 Å². The van der Waals surface area contributed by atoms with Crippen molar-refractivity contribution in [3.63, 3.8) is 0 Å². The lowest BCUT2D eigenvalue weighted by Crippen LogP contribution is -2.40. The quantitative estimate of drug-likeness (QED) is 0.437. The molecule has 0 aliphatic carbocycles. The van der Waals surface area contributed by atoms with Crippen LogP contribution in [0.3, 0.4) is 0 Å². The van der Waals surface area contributed by atoms with E-state index in [1.165, 1.54) is 0 Å². The number of benzene rings is 1. The van der Waals surface area contributed by atoms with Crippen molar-refractivity contribution in [2.45, 2.75) is 12.5 Å². The molecule has 1 aromatic rings. The van der Waals surface area contributed by atoms with Gasteiger partial charge in [-0.15, -0.1) is 0 Å². The molecule has 0 saturated carbocycles. The Morgan fingerprint density at radius 2 is 2.11 bits per heavy atom. The predicted octanol–water partition coefficient (Wildman–Crippen LogP) is 2.03. The molecule has 1 rings (SSSR count).